The minimum atomic E-state index is -0.340. The number of rotatable bonds is 6. The van der Waals surface area contributed by atoms with Crippen LogP contribution in [0.25, 0.3) is 5.82 Å². The van der Waals surface area contributed by atoms with E-state index in [4.69, 9.17) is 11.6 Å². The fraction of sp³-hybridized carbons (Fsp3) is 0.0870. The van der Waals surface area contributed by atoms with Gasteiger partial charge in [0.15, 0.2) is 5.82 Å². The molecule has 1 aromatic carbocycles. The first kappa shape index (κ1) is 21.2. The van der Waals surface area contributed by atoms with Crippen LogP contribution in [0.4, 0.5) is 5.69 Å². The van der Waals surface area contributed by atoms with Crippen LogP contribution < -0.4 is 10.6 Å². The maximum atomic E-state index is 12.8. The molecule has 3 aromatic heterocycles. The SMILES string of the molecule is Cc1c(C(=O)Nc2ccc(C(=O)NCc3ccccn3)c(Cl)c2)cnn1-c1ccccn1. The number of hydrogen-bond donors (Lipinski definition) is 2. The summed E-state index contributed by atoms with van der Waals surface area (Å²) in [5, 5.41) is 10.1. The summed E-state index contributed by atoms with van der Waals surface area (Å²) in [5.41, 5.74) is 2.57. The number of halogens is 1. The van der Waals surface area contributed by atoms with Crippen molar-refractivity contribution >= 4 is 29.1 Å². The Morgan fingerprint density at radius 2 is 1.75 bits per heavy atom. The predicted octanol–water partition coefficient (Wildman–Crippen LogP) is 3.81. The number of carbonyl (C=O) groups excluding carboxylic acids is 2. The molecule has 0 saturated heterocycles. The highest BCUT2D eigenvalue weighted by Gasteiger charge is 2.17. The van der Waals surface area contributed by atoms with Crippen molar-refractivity contribution in [1.82, 2.24) is 25.1 Å². The van der Waals surface area contributed by atoms with Gasteiger partial charge in [0.2, 0.25) is 0 Å². The lowest BCUT2D eigenvalue weighted by Gasteiger charge is -2.10. The molecule has 0 aliphatic rings. The van der Waals surface area contributed by atoms with Crippen molar-refractivity contribution in [3.05, 3.63) is 101 Å². The van der Waals surface area contributed by atoms with Crippen LogP contribution in [0.5, 0.6) is 0 Å². The zero-order valence-electron chi connectivity index (χ0n) is 17.1. The largest absolute Gasteiger partial charge is 0.346 e. The van der Waals surface area contributed by atoms with Gasteiger partial charge < -0.3 is 10.6 Å². The fourth-order valence-electron chi connectivity index (χ4n) is 3.09. The normalized spacial score (nSPS) is 10.6. The summed E-state index contributed by atoms with van der Waals surface area (Å²) in [6.07, 6.45) is 4.81. The molecule has 32 heavy (non-hydrogen) atoms. The van der Waals surface area contributed by atoms with E-state index in [0.29, 0.717) is 28.3 Å². The highest BCUT2D eigenvalue weighted by atomic mass is 35.5. The number of nitrogens with one attached hydrogen (secondary N) is 2. The number of carbonyl (C=O) groups is 2. The zero-order chi connectivity index (χ0) is 22.5. The molecule has 0 spiro atoms. The molecule has 9 heteroatoms. The third-order valence-electron chi connectivity index (χ3n) is 4.75. The molecule has 0 bridgehead atoms. The lowest BCUT2D eigenvalue weighted by molar-refractivity contribution is 0.0950. The fourth-order valence-corrected chi connectivity index (χ4v) is 3.35. The van der Waals surface area contributed by atoms with E-state index in [9.17, 15) is 9.59 Å². The molecule has 4 rings (SSSR count). The van der Waals surface area contributed by atoms with Crippen molar-refractivity contribution in [2.75, 3.05) is 5.32 Å². The maximum absolute atomic E-state index is 12.8. The summed E-state index contributed by atoms with van der Waals surface area (Å²) in [6, 6.07) is 15.7. The highest BCUT2D eigenvalue weighted by Crippen LogP contribution is 2.22. The number of nitrogens with zero attached hydrogens (tertiary/aromatic N) is 4. The van der Waals surface area contributed by atoms with Crippen molar-refractivity contribution in [2.45, 2.75) is 13.5 Å². The Hall–Kier alpha value is -4.04. The Bertz CT molecular complexity index is 1260. The molecule has 8 nitrogen and oxygen atoms in total. The van der Waals surface area contributed by atoms with Crippen LogP contribution in [0, 0.1) is 6.92 Å². The highest BCUT2D eigenvalue weighted by molar-refractivity contribution is 6.34. The smallest absolute Gasteiger partial charge is 0.259 e. The zero-order valence-corrected chi connectivity index (χ0v) is 17.9. The summed E-state index contributed by atoms with van der Waals surface area (Å²) >= 11 is 6.30. The summed E-state index contributed by atoms with van der Waals surface area (Å²) in [5.74, 6) is -0.0488. The first-order valence-electron chi connectivity index (χ1n) is 9.78. The third kappa shape index (κ3) is 4.65. The molecule has 0 aliphatic heterocycles. The minimum absolute atomic E-state index is 0.224. The molecule has 3 heterocycles. The van der Waals surface area contributed by atoms with Gasteiger partial charge >= 0.3 is 0 Å². The first-order valence-corrected chi connectivity index (χ1v) is 10.2. The molecular formula is C23H19ClN6O2. The van der Waals surface area contributed by atoms with Gasteiger partial charge in [-0.3, -0.25) is 14.6 Å². The Balaban J connectivity index is 1.44. The Labute approximate surface area is 189 Å². The van der Waals surface area contributed by atoms with Crippen LogP contribution in [0.3, 0.4) is 0 Å². The van der Waals surface area contributed by atoms with Crippen LogP contribution in [-0.2, 0) is 6.54 Å². The second-order valence-electron chi connectivity index (χ2n) is 6.90. The van der Waals surface area contributed by atoms with Crippen LogP contribution in [0.1, 0.15) is 32.1 Å². The summed E-state index contributed by atoms with van der Waals surface area (Å²) in [6.45, 7) is 2.08. The lowest BCUT2D eigenvalue weighted by Crippen LogP contribution is -2.23. The van der Waals surface area contributed by atoms with Crippen LogP contribution in [0.2, 0.25) is 5.02 Å². The second-order valence-corrected chi connectivity index (χ2v) is 7.30. The van der Waals surface area contributed by atoms with Gasteiger partial charge in [-0.15, -0.1) is 0 Å². The van der Waals surface area contributed by atoms with Crippen LogP contribution in [-0.4, -0.2) is 31.6 Å². The monoisotopic (exact) mass is 446 g/mol. The molecule has 0 fully saturated rings. The molecule has 0 aliphatic carbocycles. The van der Waals surface area contributed by atoms with E-state index in [0.717, 1.165) is 5.69 Å². The standard InChI is InChI=1S/C23H19ClN6O2/c1-15-19(14-28-30(15)21-7-3-5-11-26-21)23(32)29-16-8-9-18(20(24)12-16)22(31)27-13-17-6-2-4-10-25-17/h2-12,14H,13H2,1H3,(H,27,31)(H,29,32). The van der Waals surface area contributed by atoms with Gasteiger partial charge in [-0.2, -0.15) is 5.10 Å². The van der Waals surface area contributed by atoms with Crippen molar-refractivity contribution < 1.29 is 9.59 Å². The number of aromatic nitrogens is 4. The number of benzene rings is 1. The molecule has 4 aromatic rings. The topological polar surface area (TPSA) is 102 Å². The van der Waals surface area contributed by atoms with Gasteiger partial charge in [-0.25, -0.2) is 9.67 Å². The van der Waals surface area contributed by atoms with Gasteiger partial charge in [-0.05, 0) is 49.4 Å². The number of pyridine rings is 2. The molecule has 2 N–H and O–H groups in total. The Morgan fingerprint density at radius 1 is 0.969 bits per heavy atom. The Morgan fingerprint density at radius 3 is 2.44 bits per heavy atom. The molecule has 160 valence electrons. The van der Waals surface area contributed by atoms with Crippen LogP contribution in [0.15, 0.2) is 73.2 Å². The molecule has 0 atom stereocenters. The second kappa shape index (κ2) is 9.40. The summed E-state index contributed by atoms with van der Waals surface area (Å²) < 4.78 is 1.59. The predicted molar refractivity (Wildman–Crippen MR) is 121 cm³/mol. The first-order chi connectivity index (χ1) is 15.5. The Kier molecular flexibility index (Phi) is 6.23. The van der Waals surface area contributed by atoms with E-state index in [1.165, 1.54) is 12.3 Å². The quantitative estimate of drug-likeness (QED) is 0.469. The molecule has 0 radical (unpaired) electrons. The van der Waals surface area contributed by atoms with Gasteiger partial charge in [0.05, 0.1) is 40.3 Å². The molecular weight excluding hydrogens is 428 g/mol. The van der Waals surface area contributed by atoms with Crippen molar-refractivity contribution in [3.8, 4) is 5.82 Å². The van der Waals surface area contributed by atoms with Gasteiger partial charge in [-0.1, -0.05) is 23.7 Å². The lowest BCUT2D eigenvalue weighted by atomic mass is 10.1. The van der Waals surface area contributed by atoms with Gasteiger partial charge in [0.25, 0.3) is 11.8 Å². The minimum Gasteiger partial charge on any atom is -0.346 e. The van der Waals surface area contributed by atoms with E-state index in [1.807, 2.05) is 24.3 Å². The number of amides is 2. The molecule has 0 unspecified atom stereocenters. The summed E-state index contributed by atoms with van der Waals surface area (Å²) in [7, 11) is 0. The van der Waals surface area contributed by atoms with Crippen molar-refractivity contribution in [2.24, 2.45) is 0 Å². The van der Waals surface area contributed by atoms with E-state index >= 15 is 0 Å². The van der Waals surface area contributed by atoms with Crippen LogP contribution >= 0.6 is 11.6 Å². The molecule has 0 saturated carbocycles. The van der Waals surface area contributed by atoms with E-state index in [2.05, 4.69) is 25.7 Å². The average molecular weight is 447 g/mol. The van der Waals surface area contributed by atoms with E-state index in [-0.39, 0.29) is 23.4 Å². The number of hydrogen-bond acceptors (Lipinski definition) is 5. The van der Waals surface area contributed by atoms with Gasteiger partial charge in [0.1, 0.15) is 0 Å². The average Bonchev–Trinajstić information content (AvgIpc) is 3.20. The van der Waals surface area contributed by atoms with E-state index in [1.54, 1.807) is 48.3 Å². The van der Waals surface area contributed by atoms with Crippen molar-refractivity contribution in [1.29, 1.82) is 0 Å². The van der Waals surface area contributed by atoms with E-state index < -0.39 is 0 Å². The maximum Gasteiger partial charge on any atom is 0.259 e. The number of anilines is 1. The van der Waals surface area contributed by atoms with Gasteiger partial charge in [0, 0.05) is 18.1 Å². The summed E-state index contributed by atoms with van der Waals surface area (Å²) in [4.78, 5) is 33.6. The van der Waals surface area contributed by atoms with Crippen molar-refractivity contribution in [3.63, 3.8) is 0 Å². The third-order valence-corrected chi connectivity index (χ3v) is 5.06. The molecule has 2 amide bonds.